The highest BCUT2D eigenvalue weighted by Gasteiger charge is 2.10. The number of aromatic nitrogens is 1. The molecule has 1 aromatic carbocycles. The minimum absolute atomic E-state index is 0.108. The van der Waals surface area contributed by atoms with Crippen LogP contribution in [0.25, 0.3) is 0 Å². The number of sulfone groups is 1. The first-order chi connectivity index (χ1) is 10.0. The number of anilines is 1. The molecular weight excluding hydrogens is 288 g/mol. The van der Waals surface area contributed by atoms with Crippen LogP contribution in [0.5, 0.6) is 5.88 Å². The normalized spacial score (nSPS) is 11.1. The lowest BCUT2D eigenvalue weighted by Crippen LogP contribution is -2.04. The van der Waals surface area contributed by atoms with Crippen LogP contribution >= 0.6 is 0 Å². The van der Waals surface area contributed by atoms with E-state index in [1.54, 1.807) is 50.6 Å². The molecule has 0 aliphatic carbocycles. The second-order valence-corrected chi connectivity index (χ2v) is 6.77. The maximum atomic E-state index is 11.7. The standard InChI is InChI=1S/C15H18N2O3S/c1-3-21(18,19)14-7-5-13(6-8-14)16-10-12-4-9-15(20-2)17-11-12/h4-9,11,16H,3,10H2,1-2H3. The highest BCUT2D eigenvalue weighted by atomic mass is 32.2. The Hall–Kier alpha value is -2.08. The second kappa shape index (κ2) is 6.58. The molecule has 0 saturated carbocycles. The van der Waals surface area contributed by atoms with Crippen molar-refractivity contribution in [1.29, 1.82) is 0 Å². The van der Waals surface area contributed by atoms with Crippen LogP contribution in [-0.4, -0.2) is 26.3 Å². The number of pyridine rings is 1. The van der Waals surface area contributed by atoms with Gasteiger partial charge in [-0.3, -0.25) is 0 Å². The summed E-state index contributed by atoms with van der Waals surface area (Å²) in [5, 5.41) is 3.22. The van der Waals surface area contributed by atoms with E-state index >= 15 is 0 Å². The maximum absolute atomic E-state index is 11.7. The molecule has 5 nitrogen and oxygen atoms in total. The minimum Gasteiger partial charge on any atom is -0.481 e. The molecule has 0 spiro atoms. The molecule has 2 aromatic rings. The zero-order chi connectivity index (χ0) is 15.3. The van der Waals surface area contributed by atoms with Gasteiger partial charge in [-0.25, -0.2) is 13.4 Å². The summed E-state index contributed by atoms with van der Waals surface area (Å²) in [6.45, 7) is 2.25. The van der Waals surface area contributed by atoms with Gasteiger partial charge in [0.2, 0.25) is 5.88 Å². The molecule has 0 aliphatic rings. The predicted molar refractivity (Wildman–Crippen MR) is 82.3 cm³/mol. The first-order valence-corrected chi connectivity index (χ1v) is 8.26. The molecule has 1 aromatic heterocycles. The number of benzene rings is 1. The summed E-state index contributed by atoms with van der Waals surface area (Å²) in [7, 11) is -1.57. The van der Waals surface area contributed by atoms with Gasteiger partial charge >= 0.3 is 0 Å². The van der Waals surface area contributed by atoms with Gasteiger partial charge in [0.15, 0.2) is 9.84 Å². The molecular formula is C15H18N2O3S. The van der Waals surface area contributed by atoms with Crippen molar-refractivity contribution in [2.45, 2.75) is 18.4 Å². The molecule has 6 heteroatoms. The van der Waals surface area contributed by atoms with Crippen molar-refractivity contribution in [3.8, 4) is 5.88 Å². The van der Waals surface area contributed by atoms with Crippen LogP contribution in [-0.2, 0) is 16.4 Å². The maximum Gasteiger partial charge on any atom is 0.212 e. The number of nitrogens with zero attached hydrogens (tertiary/aromatic N) is 1. The Bertz CT molecular complexity index is 680. The Labute approximate surface area is 124 Å². The highest BCUT2D eigenvalue weighted by molar-refractivity contribution is 7.91. The molecule has 1 heterocycles. The summed E-state index contributed by atoms with van der Waals surface area (Å²) in [5.41, 5.74) is 1.88. The average molecular weight is 306 g/mol. The van der Waals surface area contributed by atoms with E-state index in [2.05, 4.69) is 10.3 Å². The van der Waals surface area contributed by atoms with Crippen molar-refractivity contribution in [2.75, 3.05) is 18.2 Å². The summed E-state index contributed by atoms with van der Waals surface area (Å²) in [6.07, 6.45) is 1.74. The number of ether oxygens (including phenoxy) is 1. The quantitative estimate of drug-likeness (QED) is 0.888. The molecule has 0 atom stereocenters. The third-order valence-electron chi connectivity index (χ3n) is 3.10. The van der Waals surface area contributed by atoms with Gasteiger partial charge in [0.05, 0.1) is 17.8 Å². The largest absolute Gasteiger partial charge is 0.481 e. The van der Waals surface area contributed by atoms with Gasteiger partial charge in [-0.15, -0.1) is 0 Å². The Kier molecular flexibility index (Phi) is 4.80. The van der Waals surface area contributed by atoms with Crippen molar-refractivity contribution in [1.82, 2.24) is 4.98 Å². The third-order valence-corrected chi connectivity index (χ3v) is 4.85. The van der Waals surface area contributed by atoms with Gasteiger partial charge in [-0.1, -0.05) is 13.0 Å². The van der Waals surface area contributed by atoms with Crippen LogP contribution in [0, 0.1) is 0 Å². The SMILES string of the molecule is CCS(=O)(=O)c1ccc(NCc2ccc(OC)nc2)cc1. The lowest BCUT2D eigenvalue weighted by Gasteiger charge is -2.08. The molecule has 1 N–H and O–H groups in total. The molecule has 2 rings (SSSR count). The van der Waals surface area contributed by atoms with Gasteiger partial charge in [0.1, 0.15) is 0 Å². The summed E-state index contributed by atoms with van der Waals surface area (Å²) in [6, 6.07) is 10.5. The molecule has 0 saturated heterocycles. The van der Waals surface area contributed by atoms with E-state index in [1.807, 2.05) is 6.07 Å². The second-order valence-electron chi connectivity index (χ2n) is 4.49. The van der Waals surface area contributed by atoms with E-state index in [1.165, 1.54) is 0 Å². The Balaban J connectivity index is 2.00. The van der Waals surface area contributed by atoms with Crippen molar-refractivity contribution in [2.24, 2.45) is 0 Å². The van der Waals surface area contributed by atoms with Crippen LogP contribution in [0.4, 0.5) is 5.69 Å². The van der Waals surface area contributed by atoms with Crippen molar-refractivity contribution < 1.29 is 13.2 Å². The van der Waals surface area contributed by atoms with Crippen LogP contribution in [0.1, 0.15) is 12.5 Å². The smallest absolute Gasteiger partial charge is 0.212 e. The Morgan fingerprint density at radius 3 is 2.38 bits per heavy atom. The molecule has 112 valence electrons. The third kappa shape index (κ3) is 3.95. The Morgan fingerprint density at radius 1 is 1.14 bits per heavy atom. The van der Waals surface area contributed by atoms with E-state index in [0.717, 1.165) is 11.3 Å². The lowest BCUT2D eigenvalue weighted by atomic mass is 10.2. The molecule has 0 fully saturated rings. The van der Waals surface area contributed by atoms with Crippen molar-refractivity contribution >= 4 is 15.5 Å². The van der Waals surface area contributed by atoms with Crippen molar-refractivity contribution in [3.63, 3.8) is 0 Å². The minimum atomic E-state index is -3.14. The van der Waals surface area contributed by atoms with Crippen LogP contribution < -0.4 is 10.1 Å². The number of nitrogens with one attached hydrogen (secondary N) is 1. The summed E-state index contributed by atoms with van der Waals surface area (Å²) in [4.78, 5) is 4.47. The summed E-state index contributed by atoms with van der Waals surface area (Å²) in [5.74, 6) is 0.685. The molecule has 21 heavy (non-hydrogen) atoms. The number of rotatable bonds is 6. The van der Waals surface area contributed by atoms with E-state index in [0.29, 0.717) is 17.3 Å². The zero-order valence-electron chi connectivity index (χ0n) is 12.0. The Morgan fingerprint density at radius 2 is 1.86 bits per heavy atom. The summed E-state index contributed by atoms with van der Waals surface area (Å²) >= 11 is 0. The topological polar surface area (TPSA) is 68.3 Å². The van der Waals surface area contributed by atoms with Crippen LogP contribution in [0.15, 0.2) is 47.5 Å². The van der Waals surface area contributed by atoms with Gasteiger partial charge in [-0.2, -0.15) is 0 Å². The van der Waals surface area contributed by atoms with Crippen LogP contribution in [0.3, 0.4) is 0 Å². The molecule has 0 unspecified atom stereocenters. The first-order valence-electron chi connectivity index (χ1n) is 6.61. The van der Waals surface area contributed by atoms with Gasteiger partial charge < -0.3 is 10.1 Å². The highest BCUT2D eigenvalue weighted by Crippen LogP contribution is 2.16. The van der Waals surface area contributed by atoms with E-state index in [9.17, 15) is 8.42 Å². The molecule has 0 aliphatic heterocycles. The predicted octanol–water partition coefficient (Wildman–Crippen LogP) is 2.50. The fourth-order valence-corrected chi connectivity index (χ4v) is 2.67. The molecule has 0 amide bonds. The van der Waals surface area contributed by atoms with E-state index in [-0.39, 0.29) is 5.75 Å². The number of hydrogen-bond acceptors (Lipinski definition) is 5. The monoisotopic (exact) mass is 306 g/mol. The van der Waals surface area contributed by atoms with Crippen LogP contribution in [0.2, 0.25) is 0 Å². The van der Waals surface area contributed by atoms with Crippen molar-refractivity contribution in [3.05, 3.63) is 48.2 Å². The number of methoxy groups -OCH3 is 1. The average Bonchev–Trinajstić information content (AvgIpc) is 2.54. The molecule has 0 bridgehead atoms. The fourth-order valence-electron chi connectivity index (χ4n) is 1.79. The fraction of sp³-hybridized carbons (Fsp3) is 0.267. The molecule has 0 radical (unpaired) electrons. The van der Waals surface area contributed by atoms with Gasteiger partial charge in [-0.05, 0) is 29.8 Å². The zero-order valence-corrected chi connectivity index (χ0v) is 12.9. The lowest BCUT2D eigenvalue weighted by molar-refractivity contribution is 0.397. The summed E-state index contributed by atoms with van der Waals surface area (Å²) < 4.78 is 28.4. The van der Waals surface area contributed by atoms with Gasteiger partial charge in [0.25, 0.3) is 0 Å². The first kappa shape index (κ1) is 15.3. The number of hydrogen-bond donors (Lipinski definition) is 1. The van der Waals surface area contributed by atoms with E-state index < -0.39 is 9.84 Å². The van der Waals surface area contributed by atoms with Gasteiger partial charge in [0, 0.05) is 24.5 Å². The van der Waals surface area contributed by atoms with E-state index in [4.69, 9.17) is 4.74 Å².